The molecule has 0 saturated carbocycles. The fourth-order valence-electron chi connectivity index (χ4n) is 4.98. The Balaban J connectivity index is 1.93. The molecular weight excluding hydrogens is 568 g/mol. The second-order valence-corrected chi connectivity index (χ2v) is 12.1. The molecule has 0 spiro atoms. The van der Waals surface area contributed by atoms with Gasteiger partial charge in [0.15, 0.2) is 0 Å². The molecule has 0 aliphatic heterocycles. The Bertz CT molecular complexity index is 1130. The van der Waals surface area contributed by atoms with Gasteiger partial charge < -0.3 is 21.3 Å². The number of hydrogen-bond donors (Lipinski definition) is 4. The van der Waals surface area contributed by atoms with Gasteiger partial charge in [-0.05, 0) is 60.6 Å². The SMILES string of the molecule is CCCCCCCCCCCC(=O)N[C@@H](CC(C)C)C(=O)N[C@@H](CCC(=O)NCc1ccncc1)C(=O)NCc1ccncc1. The summed E-state index contributed by atoms with van der Waals surface area (Å²) >= 11 is 0. The summed E-state index contributed by atoms with van der Waals surface area (Å²) in [6, 6.07) is 5.50. The predicted octanol–water partition coefficient (Wildman–Crippen LogP) is 5.13. The van der Waals surface area contributed by atoms with Gasteiger partial charge >= 0.3 is 0 Å². The van der Waals surface area contributed by atoms with Gasteiger partial charge in [0.1, 0.15) is 12.1 Å². The molecule has 45 heavy (non-hydrogen) atoms. The van der Waals surface area contributed by atoms with Crippen molar-refractivity contribution < 1.29 is 19.2 Å². The van der Waals surface area contributed by atoms with E-state index in [0.717, 1.165) is 30.4 Å². The molecule has 4 N–H and O–H groups in total. The summed E-state index contributed by atoms with van der Waals surface area (Å²) in [7, 11) is 0. The van der Waals surface area contributed by atoms with Crippen molar-refractivity contribution in [2.75, 3.05) is 0 Å². The van der Waals surface area contributed by atoms with Crippen LogP contribution in [0.1, 0.15) is 115 Å². The maximum Gasteiger partial charge on any atom is 0.243 e. The van der Waals surface area contributed by atoms with E-state index < -0.39 is 23.9 Å². The van der Waals surface area contributed by atoms with Gasteiger partial charge in [0.25, 0.3) is 0 Å². The maximum absolute atomic E-state index is 13.5. The standard InChI is InChI=1S/C35H54N6O4/c1-4-5-6-7-8-9-10-11-12-13-33(43)40-31(24-27(2)3)35(45)41-30(34(44)39-26-29-18-22-37-23-19-29)14-15-32(42)38-25-28-16-20-36-21-17-28/h16-23,27,30-31H,4-15,24-26H2,1-3H3,(H,38,42)(H,39,44)(H,40,43)(H,41,45)/t30-,31-/m0/s1. The van der Waals surface area contributed by atoms with E-state index in [1.807, 2.05) is 26.0 Å². The van der Waals surface area contributed by atoms with E-state index in [0.29, 0.717) is 19.4 Å². The number of nitrogens with one attached hydrogen (secondary N) is 4. The third-order valence-corrected chi connectivity index (χ3v) is 7.61. The average Bonchev–Trinajstić information content (AvgIpc) is 3.04. The molecule has 2 aromatic rings. The zero-order valence-electron chi connectivity index (χ0n) is 27.5. The van der Waals surface area contributed by atoms with Crippen molar-refractivity contribution in [3.8, 4) is 0 Å². The highest BCUT2D eigenvalue weighted by Crippen LogP contribution is 2.12. The summed E-state index contributed by atoms with van der Waals surface area (Å²) in [5.41, 5.74) is 1.77. The van der Waals surface area contributed by atoms with Gasteiger partial charge in [-0.25, -0.2) is 0 Å². The molecule has 10 heteroatoms. The molecule has 248 valence electrons. The molecule has 0 saturated heterocycles. The fraction of sp³-hybridized carbons (Fsp3) is 0.600. The van der Waals surface area contributed by atoms with Crippen molar-refractivity contribution in [2.45, 2.75) is 129 Å². The molecule has 2 heterocycles. The van der Waals surface area contributed by atoms with Gasteiger partial charge in [-0.3, -0.25) is 29.1 Å². The summed E-state index contributed by atoms with van der Waals surface area (Å²) in [6.45, 7) is 6.79. The first-order valence-corrected chi connectivity index (χ1v) is 16.7. The van der Waals surface area contributed by atoms with Crippen molar-refractivity contribution in [2.24, 2.45) is 5.92 Å². The van der Waals surface area contributed by atoms with E-state index in [1.165, 1.54) is 38.5 Å². The van der Waals surface area contributed by atoms with E-state index in [9.17, 15) is 19.2 Å². The zero-order valence-corrected chi connectivity index (χ0v) is 27.5. The molecule has 2 rings (SSSR count). The van der Waals surface area contributed by atoms with Crippen LogP contribution in [-0.2, 0) is 32.3 Å². The molecule has 0 aliphatic rings. The zero-order chi connectivity index (χ0) is 32.7. The van der Waals surface area contributed by atoms with Crippen LogP contribution in [0, 0.1) is 5.92 Å². The van der Waals surface area contributed by atoms with E-state index in [-0.39, 0.29) is 37.1 Å². The largest absolute Gasteiger partial charge is 0.352 e. The van der Waals surface area contributed by atoms with Gasteiger partial charge in [0.05, 0.1) is 0 Å². The second kappa shape index (κ2) is 22.7. The minimum absolute atomic E-state index is 0.0402. The van der Waals surface area contributed by atoms with Crippen LogP contribution in [0.2, 0.25) is 0 Å². The number of amides is 4. The molecule has 0 fully saturated rings. The lowest BCUT2D eigenvalue weighted by Gasteiger charge is -2.24. The van der Waals surface area contributed by atoms with Crippen LogP contribution in [0.3, 0.4) is 0 Å². The van der Waals surface area contributed by atoms with E-state index >= 15 is 0 Å². The van der Waals surface area contributed by atoms with Crippen LogP contribution in [0.5, 0.6) is 0 Å². The number of aromatic nitrogens is 2. The molecular formula is C35H54N6O4. The van der Waals surface area contributed by atoms with Crippen molar-refractivity contribution in [1.29, 1.82) is 0 Å². The number of hydrogen-bond acceptors (Lipinski definition) is 6. The van der Waals surface area contributed by atoms with Crippen LogP contribution < -0.4 is 21.3 Å². The number of pyridine rings is 2. The van der Waals surface area contributed by atoms with Crippen LogP contribution in [-0.4, -0.2) is 45.7 Å². The maximum atomic E-state index is 13.5. The number of carbonyl (C=O) groups excluding carboxylic acids is 4. The Labute approximate surface area is 269 Å². The Morgan fingerprint density at radius 2 is 1.16 bits per heavy atom. The topological polar surface area (TPSA) is 142 Å². The first kappa shape index (κ1) is 37.4. The quantitative estimate of drug-likeness (QED) is 0.127. The highest BCUT2D eigenvalue weighted by Gasteiger charge is 2.27. The van der Waals surface area contributed by atoms with Crippen LogP contribution in [0.15, 0.2) is 49.1 Å². The lowest BCUT2D eigenvalue weighted by molar-refractivity contribution is -0.132. The lowest BCUT2D eigenvalue weighted by Crippen LogP contribution is -2.54. The molecule has 0 radical (unpaired) electrons. The van der Waals surface area contributed by atoms with Crippen LogP contribution in [0.25, 0.3) is 0 Å². The summed E-state index contributed by atoms with van der Waals surface area (Å²) in [5, 5.41) is 11.4. The van der Waals surface area contributed by atoms with Gasteiger partial charge in [0.2, 0.25) is 23.6 Å². The Morgan fingerprint density at radius 3 is 1.71 bits per heavy atom. The third-order valence-electron chi connectivity index (χ3n) is 7.61. The van der Waals surface area contributed by atoms with E-state index in [1.54, 1.807) is 36.9 Å². The van der Waals surface area contributed by atoms with E-state index in [2.05, 4.69) is 38.2 Å². The normalized spacial score (nSPS) is 12.3. The molecule has 0 bridgehead atoms. The van der Waals surface area contributed by atoms with E-state index in [4.69, 9.17) is 0 Å². The van der Waals surface area contributed by atoms with Crippen LogP contribution in [0.4, 0.5) is 0 Å². The summed E-state index contributed by atoms with van der Waals surface area (Å²) in [4.78, 5) is 60.1. The Kier molecular flexibility index (Phi) is 18.8. The summed E-state index contributed by atoms with van der Waals surface area (Å²) in [5.74, 6) is -1.07. The molecule has 10 nitrogen and oxygen atoms in total. The molecule has 2 aromatic heterocycles. The van der Waals surface area contributed by atoms with Gasteiger partial charge in [-0.15, -0.1) is 0 Å². The lowest BCUT2D eigenvalue weighted by atomic mass is 10.0. The van der Waals surface area contributed by atoms with Crippen molar-refractivity contribution in [1.82, 2.24) is 31.2 Å². The van der Waals surface area contributed by atoms with Gasteiger partial charge in [-0.2, -0.15) is 0 Å². The number of unbranched alkanes of at least 4 members (excludes halogenated alkanes) is 8. The van der Waals surface area contributed by atoms with Crippen molar-refractivity contribution >= 4 is 23.6 Å². The highest BCUT2D eigenvalue weighted by molar-refractivity contribution is 5.92. The van der Waals surface area contributed by atoms with Crippen molar-refractivity contribution in [3.05, 3.63) is 60.2 Å². The minimum Gasteiger partial charge on any atom is -0.352 e. The van der Waals surface area contributed by atoms with Gasteiger partial charge in [0, 0.05) is 50.7 Å². The minimum atomic E-state index is -0.949. The third kappa shape index (κ3) is 17.3. The highest BCUT2D eigenvalue weighted by atomic mass is 16.2. The average molecular weight is 623 g/mol. The molecule has 0 aromatic carbocycles. The van der Waals surface area contributed by atoms with Gasteiger partial charge in [-0.1, -0.05) is 72.1 Å². The second-order valence-electron chi connectivity index (χ2n) is 12.1. The first-order chi connectivity index (χ1) is 21.8. The predicted molar refractivity (Wildman–Crippen MR) is 177 cm³/mol. The Hall–Kier alpha value is -3.82. The molecule has 0 unspecified atom stereocenters. The monoisotopic (exact) mass is 622 g/mol. The molecule has 0 aliphatic carbocycles. The number of nitrogens with zero attached hydrogens (tertiary/aromatic N) is 2. The molecule has 2 atom stereocenters. The first-order valence-electron chi connectivity index (χ1n) is 16.7. The Morgan fingerprint density at radius 1 is 0.622 bits per heavy atom. The molecule has 4 amide bonds. The number of carbonyl (C=O) groups is 4. The van der Waals surface area contributed by atoms with Crippen molar-refractivity contribution in [3.63, 3.8) is 0 Å². The summed E-state index contributed by atoms with van der Waals surface area (Å²) in [6.07, 6.45) is 18.0. The van der Waals surface area contributed by atoms with Crippen LogP contribution >= 0.6 is 0 Å². The summed E-state index contributed by atoms with van der Waals surface area (Å²) < 4.78 is 0. The fourth-order valence-corrected chi connectivity index (χ4v) is 4.98. The number of rotatable bonds is 23. The smallest absolute Gasteiger partial charge is 0.243 e.